The molecular formula is C14H11BrN2S. The maximum Gasteiger partial charge on any atom is 0.115 e. The molecule has 0 saturated heterocycles. The Balaban J connectivity index is 2.04. The monoisotopic (exact) mass is 318 g/mol. The third-order valence-electron chi connectivity index (χ3n) is 2.79. The van der Waals surface area contributed by atoms with Gasteiger partial charge >= 0.3 is 0 Å². The largest absolute Gasteiger partial charge is 0.318 e. The van der Waals surface area contributed by atoms with Crippen molar-refractivity contribution >= 4 is 37.5 Å². The van der Waals surface area contributed by atoms with E-state index in [1.165, 1.54) is 0 Å². The first-order chi connectivity index (χ1) is 8.74. The zero-order chi connectivity index (χ0) is 12.5. The molecule has 3 aromatic rings. The number of nitrogens with two attached hydrogens (primary N) is 1. The molecule has 3 rings (SSSR count). The smallest absolute Gasteiger partial charge is 0.115 e. The van der Waals surface area contributed by atoms with Crippen molar-refractivity contribution in [2.75, 3.05) is 0 Å². The van der Waals surface area contributed by atoms with E-state index in [0.717, 1.165) is 25.3 Å². The van der Waals surface area contributed by atoms with Crippen molar-refractivity contribution < 1.29 is 0 Å². The van der Waals surface area contributed by atoms with Gasteiger partial charge in [0.25, 0.3) is 0 Å². The van der Waals surface area contributed by atoms with Crippen LogP contribution in [0.15, 0.2) is 53.0 Å². The Morgan fingerprint density at radius 2 is 1.89 bits per heavy atom. The molecule has 0 aliphatic heterocycles. The Hall–Kier alpha value is -1.23. The van der Waals surface area contributed by atoms with Crippen LogP contribution in [-0.4, -0.2) is 4.98 Å². The van der Waals surface area contributed by atoms with Gasteiger partial charge in [-0.3, -0.25) is 0 Å². The maximum absolute atomic E-state index is 6.25. The molecule has 2 aromatic carbocycles. The highest BCUT2D eigenvalue weighted by Crippen LogP contribution is 2.30. The van der Waals surface area contributed by atoms with Gasteiger partial charge in [-0.25, -0.2) is 4.98 Å². The first-order valence-electron chi connectivity index (χ1n) is 5.60. The lowest BCUT2D eigenvalue weighted by molar-refractivity contribution is 0.862. The molecule has 1 atom stereocenters. The van der Waals surface area contributed by atoms with Crippen LogP contribution in [0, 0.1) is 0 Å². The van der Waals surface area contributed by atoms with Gasteiger partial charge in [0.1, 0.15) is 5.01 Å². The fourth-order valence-corrected chi connectivity index (χ4v) is 3.40. The molecule has 2 N–H and O–H groups in total. The number of hydrogen-bond donors (Lipinski definition) is 1. The Bertz CT molecular complexity index is 679. The molecule has 1 heterocycles. The van der Waals surface area contributed by atoms with Gasteiger partial charge in [0, 0.05) is 4.47 Å². The van der Waals surface area contributed by atoms with Gasteiger partial charge in [-0.1, -0.05) is 46.3 Å². The lowest BCUT2D eigenvalue weighted by Crippen LogP contribution is -2.10. The normalized spacial score (nSPS) is 12.8. The van der Waals surface area contributed by atoms with Crippen molar-refractivity contribution in [1.82, 2.24) is 4.98 Å². The molecule has 1 unspecified atom stereocenters. The first-order valence-corrected chi connectivity index (χ1v) is 7.21. The van der Waals surface area contributed by atoms with Crippen LogP contribution in [0.5, 0.6) is 0 Å². The first kappa shape index (κ1) is 11.8. The van der Waals surface area contributed by atoms with E-state index in [1.807, 2.05) is 42.5 Å². The predicted molar refractivity (Wildman–Crippen MR) is 79.8 cm³/mol. The van der Waals surface area contributed by atoms with Gasteiger partial charge in [0.2, 0.25) is 0 Å². The minimum Gasteiger partial charge on any atom is -0.318 e. The molecule has 18 heavy (non-hydrogen) atoms. The molecular weight excluding hydrogens is 308 g/mol. The summed E-state index contributed by atoms with van der Waals surface area (Å²) >= 11 is 5.12. The highest BCUT2D eigenvalue weighted by atomic mass is 79.9. The average Bonchev–Trinajstić information content (AvgIpc) is 2.81. The summed E-state index contributed by atoms with van der Waals surface area (Å²) in [5.74, 6) is 0. The van der Waals surface area contributed by atoms with Gasteiger partial charge in [-0.15, -0.1) is 11.3 Å². The molecule has 0 fully saturated rings. The molecule has 0 spiro atoms. The second-order valence-corrected chi connectivity index (χ2v) is 6.03. The van der Waals surface area contributed by atoms with E-state index in [4.69, 9.17) is 5.73 Å². The van der Waals surface area contributed by atoms with Gasteiger partial charge in [-0.2, -0.15) is 0 Å². The Morgan fingerprint density at radius 3 is 2.67 bits per heavy atom. The third-order valence-corrected chi connectivity index (χ3v) is 4.39. The summed E-state index contributed by atoms with van der Waals surface area (Å²) in [5.41, 5.74) is 8.35. The number of thiazole rings is 1. The van der Waals surface area contributed by atoms with Crippen LogP contribution in [-0.2, 0) is 0 Å². The summed E-state index contributed by atoms with van der Waals surface area (Å²) in [4.78, 5) is 4.60. The van der Waals surface area contributed by atoms with Crippen LogP contribution in [0.4, 0.5) is 0 Å². The third kappa shape index (κ3) is 2.19. The molecule has 0 aliphatic rings. The van der Waals surface area contributed by atoms with E-state index < -0.39 is 0 Å². The fourth-order valence-electron chi connectivity index (χ4n) is 1.85. The number of hydrogen-bond acceptors (Lipinski definition) is 3. The Labute approximate surface area is 118 Å². The van der Waals surface area contributed by atoms with Crippen LogP contribution in [0.25, 0.3) is 10.2 Å². The number of rotatable bonds is 2. The topological polar surface area (TPSA) is 38.9 Å². The number of fused-ring (bicyclic) bond motifs is 1. The van der Waals surface area contributed by atoms with Crippen LogP contribution >= 0.6 is 27.3 Å². The van der Waals surface area contributed by atoms with E-state index in [-0.39, 0.29) is 6.04 Å². The molecule has 0 aliphatic carbocycles. The van der Waals surface area contributed by atoms with Crippen LogP contribution in [0.1, 0.15) is 16.6 Å². The summed E-state index contributed by atoms with van der Waals surface area (Å²) in [6, 6.07) is 16.0. The maximum atomic E-state index is 6.25. The summed E-state index contributed by atoms with van der Waals surface area (Å²) < 4.78 is 2.23. The Kier molecular flexibility index (Phi) is 3.16. The van der Waals surface area contributed by atoms with E-state index in [1.54, 1.807) is 11.3 Å². The van der Waals surface area contributed by atoms with Gasteiger partial charge in [0.15, 0.2) is 0 Å². The molecule has 90 valence electrons. The quantitative estimate of drug-likeness (QED) is 0.772. The van der Waals surface area contributed by atoms with E-state index >= 15 is 0 Å². The molecule has 0 radical (unpaired) electrons. The Morgan fingerprint density at radius 1 is 1.11 bits per heavy atom. The fraction of sp³-hybridized carbons (Fsp3) is 0.0714. The van der Waals surface area contributed by atoms with Gasteiger partial charge < -0.3 is 5.73 Å². The van der Waals surface area contributed by atoms with E-state index in [9.17, 15) is 0 Å². The highest BCUT2D eigenvalue weighted by molar-refractivity contribution is 9.10. The molecule has 1 aromatic heterocycles. The lowest BCUT2D eigenvalue weighted by atomic mass is 10.1. The van der Waals surface area contributed by atoms with Gasteiger partial charge in [-0.05, 0) is 23.8 Å². The van der Waals surface area contributed by atoms with Gasteiger partial charge in [0.05, 0.1) is 16.3 Å². The second-order valence-electron chi connectivity index (χ2n) is 4.05. The minimum absolute atomic E-state index is 0.151. The summed E-state index contributed by atoms with van der Waals surface area (Å²) in [7, 11) is 0. The van der Waals surface area contributed by atoms with Crippen molar-refractivity contribution in [3.05, 3.63) is 63.6 Å². The predicted octanol–water partition coefficient (Wildman–Crippen LogP) is 4.11. The van der Waals surface area contributed by atoms with Crippen molar-refractivity contribution in [2.45, 2.75) is 6.04 Å². The lowest BCUT2D eigenvalue weighted by Gasteiger charge is -2.07. The highest BCUT2D eigenvalue weighted by Gasteiger charge is 2.13. The molecule has 0 amide bonds. The van der Waals surface area contributed by atoms with Crippen LogP contribution in [0.3, 0.4) is 0 Å². The van der Waals surface area contributed by atoms with Crippen molar-refractivity contribution in [3.8, 4) is 0 Å². The zero-order valence-corrected chi connectivity index (χ0v) is 11.9. The average molecular weight is 319 g/mol. The van der Waals surface area contributed by atoms with Crippen molar-refractivity contribution in [1.29, 1.82) is 0 Å². The van der Waals surface area contributed by atoms with E-state index in [0.29, 0.717) is 0 Å². The number of benzene rings is 2. The summed E-state index contributed by atoms with van der Waals surface area (Å²) in [6.07, 6.45) is 0. The molecule has 4 heteroatoms. The molecule has 0 bridgehead atoms. The number of halogens is 1. The molecule has 0 saturated carbocycles. The summed E-state index contributed by atoms with van der Waals surface area (Å²) in [5, 5.41) is 0.953. The summed E-state index contributed by atoms with van der Waals surface area (Å²) in [6.45, 7) is 0. The number of aromatic nitrogens is 1. The second kappa shape index (κ2) is 4.80. The standard InChI is InChI=1S/C14H11BrN2S/c15-10-6-7-11-12(8-10)18-14(17-11)13(16)9-4-2-1-3-5-9/h1-8,13H,16H2. The van der Waals surface area contributed by atoms with Crippen LogP contribution in [0.2, 0.25) is 0 Å². The zero-order valence-electron chi connectivity index (χ0n) is 9.51. The number of nitrogens with zero attached hydrogens (tertiary/aromatic N) is 1. The molecule has 2 nitrogen and oxygen atoms in total. The minimum atomic E-state index is -0.151. The van der Waals surface area contributed by atoms with E-state index in [2.05, 4.69) is 27.0 Å². The van der Waals surface area contributed by atoms with Crippen molar-refractivity contribution in [3.63, 3.8) is 0 Å². The SMILES string of the molecule is NC(c1ccccc1)c1nc2ccc(Br)cc2s1. The van der Waals surface area contributed by atoms with Crippen LogP contribution < -0.4 is 5.73 Å². The van der Waals surface area contributed by atoms with Crippen molar-refractivity contribution in [2.24, 2.45) is 5.73 Å².